The predicted molar refractivity (Wildman–Crippen MR) is 46.0 cm³/mol. The number of alkyl halides is 5. The van der Waals surface area contributed by atoms with Gasteiger partial charge in [0.2, 0.25) is 0 Å². The highest BCUT2D eigenvalue weighted by Crippen LogP contribution is 2.33. The Bertz CT molecular complexity index is 363. The van der Waals surface area contributed by atoms with Gasteiger partial charge in [-0.15, -0.1) is 13.2 Å². The van der Waals surface area contributed by atoms with Gasteiger partial charge >= 0.3 is 6.36 Å². The Labute approximate surface area is 87.8 Å². The van der Waals surface area contributed by atoms with Crippen molar-refractivity contribution in [3.05, 3.63) is 29.3 Å². The minimum Gasteiger partial charge on any atom is -0.405 e. The van der Waals surface area contributed by atoms with Gasteiger partial charge in [-0.3, -0.25) is 0 Å². The first-order valence-corrected chi connectivity index (χ1v) is 4.20. The van der Waals surface area contributed by atoms with Gasteiger partial charge in [-0.2, -0.15) is 0 Å². The number of hydrogen-bond donors (Lipinski definition) is 1. The molecule has 0 aliphatic rings. The molecule has 2 N–H and O–H groups in total. The van der Waals surface area contributed by atoms with E-state index in [1.165, 1.54) is 6.07 Å². The fraction of sp³-hybridized carbons (Fsp3) is 0.333. The summed E-state index contributed by atoms with van der Waals surface area (Å²) in [5.74, 6) is -0.903. The van der Waals surface area contributed by atoms with Gasteiger partial charge in [0.1, 0.15) is 5.75 Å². The summed E-state index contributed by atoms with van der Waals surface area (Å²) in [5, 5.41) is 0. The van der Waals surface area contributed by atoms with Crippen molar-refractivity contribution in [3.8, 4) is 5.75 Å². The van der Waals surface area contributed by atoms with Gasteiger partial charge in [0.05, 0.1) is 5.56 Å². The van der Waals surface area contributed by atoms with E-state index in [0.717, 1.165) is 12.1 Å². The van der Waals surface area contributed by atoms with Gasteiger partial charge in [0.25, 0.3) is 6.43 Å². The average molecular weight is 241 g/mol. The summed E-state index contributed by atoms with van der Waals surface area (Å²) in [4.78, 5) is 0. The fourth-order valence-corrected chi connectivity index (χ4v) is 1.11. The van der Waals surface area contributed by atoms with Crippen LogP contribution in [-0.4, -0.2) is 6.36 Å². The van der Waals surface area contributed by atoms with Crippen molar-refractivity contribution in [1.82, 2.24) is 0 Å². The van der Waals surface area contributed by atoms with Crippen LogP contribution in [0.15, 0.2) is 18.2 Å². The van der Waals surface area contributed by atoms with Crippen molar-refractivity contribution in [2.45, 2.75) is 19.3 Å². The molecule has 0 atom stereocenters. The molecule has 0 spiro atoms. The first-order chi connectivity index (χ1) is 7.33. The van der Waals surface area contributed by atoms with Crippen molar-refractivity contribution in [1.29, 1.82) is 0 Å². The third kappa shape index (κ3) is 3.34. The van der Waals surface area contributed by atoms with Crippen molar-refractivity contribution in [2.75, 3.05) is 0 Å². The van der Waals surface area contributed by atoms with Crippen LogP contribution in [0.4, 0.5) is 22.0 Å². The molecule has 0 aliphatic heterocycles. The van der Waals surface area contributed by atoms with Crippen molar-refractivity contribution >= 4 is 0 Å². The summed E-state index contributed by atoms with van der Waals surface area (Å²) in [5.41, 5.74) is 4.68. The molecule has 0 saturated heterocycles. The first-order valence-electron chi connectivity index (χ1n) is 4.20. The van der Waals surface area contributed by atoms with Crippen LogP contribution in [0.3, 0.4) is 0 Å². The minimum atomic E-state index is -4.99. The normalized spacial score (nSPS) is 11.9. The Hall–Kier alpha value is -1.37. The molecule has 0 amide bonds. The number of halogens is 5. The largest absolute Gasteiger partial charge is 0.573 e. The van der Waals surface area contributed by atoms with Crippen LogP contribution in [0, 0.1) is 0 Å². The predicted octanol–water partition coefficient (Wildman–Crippen LogP) is 2.98. The minimum absolute atomic E-state index is 0.0357. The van der Waals surface area contributed by atoms with Crippen LogP contribution in [0.2, 0.25) is 0 Å². The molecule has 0 radical (unpaired) electrons. The molecule has 1 aromatic rings. The molecule has 7 heteroatoms. The highest BCUT2D eigenvalue weighted by atomic mass is 19.4. The van der Waals surface area contributed by atoms with E-state index in [1.54, 1.807) is 0 Å². The highest BCUT2D eigenvalue weighted by molar-refractivity contribution is 5.38. The average Bonchev–Trinajstić information content (AvgIpc) is 2.15. The van der Waals surface area contributed by atoms with Crippen LogP contribution in [0.25, 0.3) is 0 Å². The van der Waals surface area contributed by atoms with E-state index >= 15 is 0 Å². The Kier molecular flexibility index (Phi) is 3.69. The second-order valence-corrected chi connectivity index (χ2v) is 2.92. The molecule has 1 aromatic carbocycles. The molecule has 2 nitrogen and oxygen atoms in total. The lowest BCUT2D eigenvalue weighted by atomic mass is 10.1. The number of rotatable bonds is 3. The Morgan fingerprint density at radius 1 is 1.25 bits per heavy atom. The third-order valence-electron chi connectivity index (χ3n) is 1.77. The summed E-state index contributed by atoms with van der Waals surface area (Å²) >= 11 is 0. The maximum Gasteiger partial charge on any atom is 0.573 e. The first kappa shape index (κ1) is 12.7. The molecule has 0 heterocycles. The van der Waals surface area contributed by atoms with Crippen LogP contribution < -0.4 is 10.5 Å². The lowest BCUT2D eigenvalue weighted by Gasteiger charge is -2.13. The topological polar surface area (TPSA) is 35.2 Å². The molecule has 0 bridgehead atoms. The molecular formula is C9H8F5NO. The van der Waals surface area contributed by atoms with E-state index in [0.29, 0.717) is 5.56 Å². The van der Waals surface area contributed by atoms with Crippen LogP contribution in [-0.2, 0) is 6.54 Å². The summed E-state index contributed by atoms with van der Waals surface area (Å²) in [6, 6.07) is 2.93. The molecule has 0 aromatic heterocycles. The van der Waals surface area contributed by atoms with E-state index in [9.17, 15) is 22.0 Å². The van der Waals surface area contributed by atoms with Gasteiger partial charge in [-0.1, -0.05) is 6.07 Å². The van der Waals surface area contributed by atoms with Crippen molar-refractivity contribution in [2.24, 2.45) is 5.73 Å². The van der Waals surface area contributed by atoms with E-state index in [1.807, 2.05) is 0 Å². The molecule has 0 unspecified atom stereocenters. The van der Waals surface area contributed by atoms with Crippen LogP contribution in [0.5, 0.6) is 5.75 Å². The van der Waals surface area contributed by atoms with Gasteiger partial charge in [0, 0.05) is 6.54 Å². The number of nitrogens with two attached hydrogens (primary N) is 1. The van der Waals surface area contributed by atoms with Crippen LogP contribution in [0.1, 0.15) is 17.6 Å². The van der Waals surface area contributed by atoms with E-state index < -0.39 is 24.1 Å². The van der Waals surface area contributed by atoms with Crippen LogP contribution >= 0.6 is 0 Å². The summed E-state index contributed by atoms with van der Waals surface area (Å²) in [6.45, 7) is -0.0357. The summed E-state index contributed by atoms with van der Waals surface area (Å²) < 4.78 is 64.0. The quantitative estimate of drug-likeness (QED) is 0.825. The molecule has 0 saturated carbocycles. The molecule has 0 fully saturated rings. The fourth-order valence-electron chi connectivity index (χ4n) is 1.11. The summed E-state index contributed by atoms with van der Waals surface area (Å²) in [6.07, 6.45) is -8.04. The lowest BCUT2D eigenvalue weighted by Crippen LogP contribution is -2.18. The maximum atomic E-state index is 12.4. The lowest BCUT2D eigenvalue weighted by molar-refractivity contribution is -0.275. The maximum absolute atomic E-state index is 12.4. The third-order valence-corrected chi connectivity index (χ3v) is 1.77. The van der Waals surface area contributed by atoms with Gasteiger partial charge in [0.15, 0.2) is 0 Å². The van der Waals surface area contributed by atoms with Gasteiger partial charge in [-0.05, 0) is 17.7 Å². The summed E-state index contributed by atoms with van der Waals surface area (Å²) in [7, 11) is 0. The molecule has 1 rings (SSSR count). The number of ether oxygens (including phenoxy) is 1. The highest BCUT2D eigenvalue weighted by Gasteiger charge is 2.33. The van der Waals surface area contributed by atoms with E-state index in [4.69, 9.17) is 5.73 Å². The second kappa shape index (κ2) is 4.65. The standard InChI is InChI=1S/C9H8F5NO/c10-8(11)6-3-5(4-15)1-2-7(6)16-9(12,13)14/h1-3,8H,4,15H2. The molecule has 90 valence electrons. The molecular weight excluding hydrogens is 233 g/mol. The Balaban J connectivity index is 3.08. The molecule has 0 aliphatic carbocycles. The van der Waals surface area contributed by atoms with Gasteiger partial charge < -0.3 is 10.5 Å². The number of hydrogen-bond acceptors (Lipinski definition) is 2. The zero-order chi connectivity index (χ0) is 12.3. The Morgan fingerprint density at radius 3 is 2.31 bits per heavy atom. The SMILES string of the molecule is NCc1ccc(OC(F)(F)F)c(C(F)F)c1. The van der Waals surface area contributed by atoms with Gasteiger partial charge in [-0.25, -0.2) is 8.78 Å². The van der Waals surface area contributed by atoms with Crippen molar-refractivity contribution < 1.29 is 26.7 Å². The second-order valence-electron chi connectivity index (χ2n) is 2.92. The number of benzene rings is 1. The van der Waals surface area contributed by atoms with E-state index in [-0.39, 0.29) is 6.54 Å². The Morgan fingerprint density at radius 2 is 1.88 bits per heavy atom. The smallest absolute Gasteiger partial charge is 0.405 e. The zero-order valence-corrected chi connectivity index (χ0v) is 7.89. The van der Waals surface area contributed by atoms with E-state index in [2.05, 4.69) is 4.74 Å². The zero-order valence-electron chi connectivity index (χ0n) is 7.89. The molecule has 16 heavy (non-hydrogen) atoms. The monoisotopic (exact) mass is 241 g/mol. The van der Waals surface area contributed by atoms with Crippen molar-refractivity contribution in [3.63, 3.8) is 0 Å².